The summed E-state index contributed by atoms with van der Waals surface area (Å²) in [7, 11) is 0. The third-order valence-corrected chi connectivity index (χ3v) is 7.19. The number of aliphatic hydroxyl groups excluding tert-OH is 1. The van der Waals surface area contributed by atoms with E-state index in [-0.39, 0.29) is 23.5 Å². The molecule has 7 atom stereocenters. The average molecular weight is 250 g/mol. The van der Waals surface area contributed by atoms with E-state index in [0.29, 0.717) is 17.3 Å². The lowest BCUT2D eigenvalue weighted by molar-refractivity contribution is -0.287. The van der Waals surface area contributed by atoms with Crippen LogP contribution in [-0.2, 0) is 4.74 Å². The minimum atomic E-state index is -0.909. The van der Waals surface area contributed by atoms with Crippen LogP contribution in [0.25, 0.3) is 0 Å². The Bertz CT molecular complexity index is 419. The Morgan fingerprint density at radius 2 is 1.78 bits per heavy atom. The number of hydrogen-bond acceptors (Lipinski definition) is 3. The Hall–Kier alpha value is -0.120. The van der Waals surface area contributed by atoms with Gasteiger partial charge in [0.2, 0.25) is 0 Å². The monoisotopic (exact) mass is 250 g/mol. The molecule has 0 aromatic heterocycles. The largest absolute Gasteiger partial charge is 0.393 e. The van der Waals surface area contributed by atoms with Crippen molar-refractivity contribution in [2.45, 2.75) is 62.9 Å². The topological polar surface area (TPSA) is 49.7 Å². The van der Waals surface area contributed by atoms with Crippen molar-refractivity contribution in [1.29, 1.82) is 0 Å². The van der Waals surface area contributed by atoms with Gasteiger partial charge in [-0.3, -0.25) is 0 Å². The summed E-state index contributed by atoms with van der Waals surface area (Å²) in [6.07, 6.45) is 6.25. The summed E-state index contributed by atoms with van der Waals surface area (Å²) in [5.41, 5.74) is 0.358. The van der Waals surface area contributed by atoms with E-state index in [1.54, 1.807) is 0 Å². The van der Waals surface area contributed by atoms with Crippen LogP contribution in [0.4, 0.5) is 0 Å². The fourth-order valence-electron chi connectivity index (χ4n) is 6.74. The Balaban J connectivity index is 1.74. The maximum Gasteiger partial charge on any atom is 0.172 e. The molecule has 1 saturated heterocycles. The van der Waals surface area contributed by atoms with Crippen molar-refractivity contribution in [3.05, 3.63) is 0 Å². The van der Waals surface area contributed by atoms with Crippen LogP contribution in [0.2, 0.25) is 0 Å². The first-order valence-corrected chi connectivity index (χ1v) is 7.60. The lowest BCUT2D eigenvalue weighted by Gasteiger charge is -2.57. The highest BCUT2D eigenvalue weighted by atomic mass is 16.7. The van der Waals surface area contributed by atoms with E-state index in [0.717, 1.165) is 19.3 Å². The van der Waals surface area contributed by atoms with Gasteiger partial charge in [0, 0.05) is 17.8 Å². The highest BCUT2D eigenvalue weighted by Crippen LogP contribution is 2.79. The van der Waals surface area contributed by atoms with E-state index in [9.17, 15) is 10.2 Å². The van der Waals surface area contributed by atoms with Crippen molar-refractivity contribution >= 4 is 0 Å². The fourth-order valence-corrected chi connectivity index (χ4v) is 6.74. The third kappa shape index (κ3) is 0.889. The Labute approximate surface area is 108 Å². The molecule has 1 aliphatic heterocycles. The number of hydrogen-bond donors (Lipinski definition) is 2. The quantitative estimate of drug-likeness (QED) is 0.687. The van der Waals surface area contributed by atoms with Crippen molar-refractivity contribution in [2.75, 3.05) is 0 Å². The molecule has 4 saturated carbocycles. The van der Waals surface area contributed by atoms with Crippen LogP contribution in [0, 0.1) is 29.1 Å². The van der Waals surface area contributed by atoms with Crippen LogP contribution in [-0.4, -0.2) is 27.7 Å². The molecule has 5 fully saturated rings. The fraction of sp³-hybridized carbons (Fsp3) is 1.00. The van der Waals surface area contributed by atoms with E-state index in [1.165, 1.54) is 19.3 Å². The SMILES string of the molecule is C[C@]12CC[C@H]3[C@@H]4C[C@H](O)C[C@H]([C@H]1C31CC1)[C@]4(O)O2. The maximum absolute atomic E-state index is 11.1. The molecule has 4 aliphatic carbocycles. The van der Waals surface area contributed by atoms with Crippen molar-refractivity contribution in [2.24, 2.45) is 29.1 Å². The van der Waals surface area contributed by atoms with Gasteiger partial charge in [-0.25, -0.2) is 0 Å². The summed E-state index contributed by atoms with van der Waals surface area (Å²) in [4.78, 5) is 0. The van der Waals surface area contributed by atoms with Gasteiger partial charge < -0.3 is 14.9 Å². The molecule has 0 amide bonds. The maximum atomic E-state index is 11.1. The molecule has 1 spiro atoms. The molecule has 0 aromatic rings. The molecule has 0 radical (unpaired) electrons. The summed E-state index contributed by atoms with van der Waals surface area (Å²) in [5.74, 6) is 0.576. The summed E-state index contributed by atoms with van der Waals surface area (Å²) >= 11 is 0. The predicted octanol–water partition coefficient (Wildman–Crippen LogP) is 1.67. The van der Waals surface area contributed by atoms with E-state index < -0.39 is 5.79 Å². The molecule has 5 bridgehead atoms. The molecule has 0 aromatic carbocycles. The normalized spacial score (nSPS) is 66.5. The van der Waals surface area contributed by atoms with Gasteiger partial charge in [-0.05, 0) is 56.8 Å². The Kier molecular flexibility index (Phi) is 1.58. The first-order valence-electron chi connectivity index (χ1n) is 7.60. The number of aliphatic hydroxyl groups is 2. The van der Waals surface area contributed by atoms with Crippen molar-refractivity contribution < 1.29 is 14.9 Å². The van der Waals surface area contributed by atoms with Crippen LogP contribution in [0.3, 0.4) is 0 Å². The van der Waals surface area contributed by atoms with Gasteiger partial charge in [-0.2, -0.15) is 0 Å². The van der Waals surface area contributed by atoms with Crippen LogP contribution in [0.1, 0.15) is 45.4 Å². The number of ether oxygens (including phenoxy) is 1. The second kappa shape index (κ2) is 2.68. The van der Waals surface area contributed by atoms with Gasteiger partial charge in [0.1, 0.15) is 0 Å². The summed E-state index contributed by atoms with van der Waals surface area (Å²) in [5, 5.41) is 21.2. The zero-order valence-corrected chi connectivity index (χ0v) is 10.9. The first-order chi connectivity index (χ1) is 8.50. The van der Waals surface area contributed by atoms with E-state index in [4.69, 9.17) is 4.74 Å². The Morgan fingerprint density at radius 3 is 2.50 bits per heavy atom. The molecule has 100 valence electrons. The molecular formula is C15H22O3. The Morgan fingerprint density at radius 1 is 1.06 bits per heavy atom. The molecule has 1 heterocycles. The van der Waals surface area contributed by atoms with Crippen LogP contribution < -0.4 is 0 Å². The summed E-state index contributed by atoms with van der Waals surface area (Å²) < 4.78 is 6.29. The molecule has 3 heteroatoms. The third-order valence-electron chi connectivity index (χ3n) is 7.19. The minimum absolute atomic E-state index is 0.120. The zero-order chi connectivity index (χ0) is 12.3. The predicted molar refractivity (Wildman–Crippen MR) is 64.5 cm³/mol. The highest BCUT2D eigenvalue weighted by molar-refractivity contribution is 5.26. The standard InChI is InChI=1S/C15H22O3/c1-13-3-2-9-10-6-8(16)7-11(15(10,17)18-13)12(13)14(9)4-5-14/h8-12,16-17H,2-7H2,1H3/t8-,9-,10-,11+,12+,13-,15+/m0/s1. The smallest absolute Gasteiger partial charge is 0.172 e. The first kappa shape index (κ1) is 10.6. The zero-order valence-electron chi connectivity index (χ0n) is 10.9. The van der Waals surface area contributed by atoms with Crippen molar-refractivity contribution in [3.63, 3.8) is 0 Å². The summed E-state index contributed by atoms with van der Waals surface area (Å²) in [6.45, 7) is 2.22. The van der Waals surface area contributed by atoms with Crippen LogP contribution in [0.5, 0.6) is 0 Å². The van der Waals surface area contributed by atoms with E-state index in [2.05, 4.69) is 6.92 Å². The van der Waals surface area contributed by atoms with Gasteiger partial charge in [-0.15, -0.1) is 0 Å². The molecular weight excluding hydrogens is 228 g/mol. The van der Waals surface area contributed by atoms with Gasteiger partial charge in [0.15, 0.2) is 5.79 Å². The van der Waals surface area contributed by atoms with E-state index in [1.807, 2.05) is 0 Å². The van der Waals surface area contributed by atoms with Gasteiger partial charge >= 0.3 is 0 Å². The van der Waals surface area contributed by atoms with Crippen molar-refractivity contribution in [3.8, 4) is 0 Å². The average Bonchev–Trinajstić information content (AvgIpc) is 3.00. The molecule has 5 aliphatic rings. The van der Waals surface area contributed by atoms with Gasteiger partial charge in [-0.1, -0.05) is 0 Å². The lowest BCUT2D eigenvalue weighted by atomic mass is 9.47. The van der Waals surface area contributed by atoms with Gasteiger partial charge in [0.25, 0.3) is 0 Å². The number of rotatable bonds is 0. The second-order valence-corrected chi connectivity index (χ2v) is 7.86. The summed E-state index contributed by atoms with van der Waals surface area (Å²) in [6, 6.07) is 0. The lowest BCUT2D eigenvalue weighted by Crippen LogP contribution is -2.61. The minimum Gasteiger partial charge on any atom is -0.393 e. The molecule has 5 rings (SSSR count). The van der Waals surface area contributed by atoms with Crippen LogP contribution >= 0.6 is 0 Å². The number of fused-ring (bicyclic) bond motifs is 1. The highest BCUT2D eigenvalue weighted by Gasteiger charge is 2.80. The molecule has 2 N–H and O–H groups in total. The molecule has 3 nitrogen and oxygen atoms in total. The second-order valence-electron chi connectivity index (χ2n) is 7.86. The van der Waals surface area contributed by atoms with Gasteiger partial charge in [0.05, 0.1) is 11.7 Å². The molecule has 18 heavy (non-hydrogen) atoms. The van der Waals surface area contributed by atoms with E-state index >= 15 is 0 Å². The molecule has 0 unspecified atom stereocenters. The van der Waals surface area contributed by atoms with Crippen LogP contribution in [0.15, 0.2) is 0 Å². The van der Waals surface area contributed by atoms with Crippen molar-refractivity contribution in [1.82, 2.24) is 0 Å².